The molecule has 0 amide bonds. The predicted molar refractivity (Wildman–Crippen MR) is 53.0 cm³/mol. The first-order valence-electron chi connectivity index (χ1n) is 4.12. The molecular weight excluding hydrogens is 178 g/mol. The molecular formula is C10H9N3O. The molecule has 0 saturated heterocycles. The van der Waals surface area contributed by atoms with Crippen LogP contribution < -0.4 is 5.73 Å². The molecule has 0 aromatic carbocycles. The molecule has 2 heterocycles. The maximum absolute atomic E-state index is 7.17. The van der Waals surface area contributed by atoms with Crippen molar-refractivity contribution in [3.63, 3.8) is 0 Å². The number of nitrogens with one attached hydrogen (secondary N) is 1. The number of amidine groups is 1. The summed E-state index contributed by atoms with van der Waals surface area (Å²) in [6.45, 7) is 0. The second kappa shape index (κ2) is 3.33. The number of rotatable bonds is 2. The molecule has 2 aromatic rings. The van der Waals surface area contributed by atoms with Gasteiger partial charge in [-0.05, 0) is 24.3 Å². The molecule has 0 atom stereocenters. The van der Waals surface area contributed by atoms with Gasteiger partial charge < -0.3 is 10.2 Å². The molecule has 0 radical (unpaired) electrons. The molecule has 0 spiro atoms. The van der Waals surface area contributed by atoms with Gasteiger partial charge in [0.05, 0.1) is 6.26 Å². The van der Waals surface area contributed by atoms with Crippen LogP contribution in [0.25, 0.3) is 11.3 Å². The topological polar surface area (TPSA) is 75.9 Å². The molecule has 2 aromatic heterocycles. The van der Waals surface area contributed by atoms with Gasteiger partial charge in [0, 0.05) is 11.8 Å². The third kappa shape index (κ3) is 1.50. The van der Waals surface area contributed by atoms with Crippen molar-refractivity contribution in [2.75, 3.05) is 0 Å². The van der Waals surface area contributed by atoms with Crippen molar-refractivity contribution in [1.29, 1.82) is 5.41 Å². The van der Waals surface area contributed by atoms with Crippen LogP contribution in [-0.4, -0.2) is 10.8 Å². The third-order valence-corrected chi connectivity index (χ3v) is 1.85. The van der Waals surface area contributed by atoms with E-state index in [-0.39, 0.29) is 5.84 Å². The maximum atomic E-state index is 7.17. The Kier molecular flexibility index (Phi) is 2.02. The first-order chi connectivity index (χ1) is 6.77. The Bertz CT molecular complexity index is 431. The number of aromatic nitrogens is 1. The summed E-state index contributed by atoms with van der Waals surface area (Å²) in [4.78, 5) is 4.02. The number of nitrogen functional groups attached to an aromatic ring is 1. The van der Waals surface area contributed by atoms with E-state index in [9.17, 15) is 0 Å². The fourth-order valence-electron chi connectivity index (χ4n) is 1.14. The van der Waals surface area contributed by atoms with Crippen LogP contribution in [0.15, 0.2) is 41.1 Å². The highest BCUT2D eigenvalue weighted by Gasteiger charge is 2.02. The van der Waals surface area contributed by atoms with E-state index in [4.69, 9.17) is 15.6 Å². The molecule has 4 heteroatoms. The summed E-state index contributed by atoms with van der Waals surface area (Å²) in [6, 6.07) is 7.18. The molecule has 70 valence electrons. The van der Waals surface area contributed by atoms with Crippen LogP contribution >= 0.6 is 0 Å². The lowest BCUT2D eigenvalue weighted by Gasteiger charge is -1.98. The molecule has 4 nitrogen and oxygen atoms in total. The minimum atomic E-state index is -0.0315. The van der Waals surface area contributed by atoms with Crippen molar-refractivity contribution in [2.24, 2.45) is 5.73 Å². The fourth-order valence-corrected chi connectivity index (χ4v) is 1.14. The van der Waals surface area contributed by atoms with E-state index in [1.165, 1.54) is 0 Å². The average molecular weight is 187 g/mol. The smallest absolute Gasteiger partial charge is 0.141 e. The summed E-state index contributed by atoms with van der Waals surface area (Å²) < 4.78 is 5.19. The van der Waals surface area contributed by atoms with Crippen LogP contribution in [0.1, 0.15) is 5.69 Å². The van der Waals surface area contributed by atoms with Gasteiger partial charge in [-0.1, -0.05) is 0 Å². The number of furan rings is 1. The summed E-state index contributed by atoms with van der Waals surface area (Å²) in [5.41, 5.74) is 6.63. The molecule has 14 heavy (non-hydrogen) atoms. The van der Waals surface area contributed by atoms with Crippen molar-refractivity contribution < 1.29 is 4.42 Å². The Hall–Kier alpha value is -2.10. The van der Waals surface area contributed by atoms with E-state index >= 15 is 0 Å². The van der Waals surface area contributed by atoms with Gasteiger partial charge in [-0.15, -0.1) is 0 Å². The Morgan fingerprint density at radius 1 is 1.36 bits per heavy atom. The molecule has 0 saturated carbocycles. The number of pyridine rings is 1. The number of hydrogen-bond acceptors (Lipinski definition) is 3. The monoisotopic (exact) mass is 187 g/mol. The van der Waals surface area contributed by atoms with E-state index in [1.54, 1.807) is 18.5 Å². The van der Waals surface area contributed by atoms with Gasteiger partial charge in [0.15, 0.2) is 0 Å². The largest absolute Gasteiger partial charge is 0.464 e. The number of hydrogen-bond donors (Lipinski definition) is 2. The van der Waals surface area contributed by atoms with Crippen molar-refractivity contribution in [1.82, 2.24) is 4.98 Å². The van der Waals surface area contributed by atoms with Crippen LogP contribution in [0.5, 0.6) is 0 Å². The fraction of sp³-hybridized carbons (Fsp3) is 0. The molecule has 0 aliphatic rings. The van der Waals surface area contributed by atoms with Gasteiger partial charge in [-0.25, -0.2) is 0 Å². The van der Waals surface area contributed by atoms with Gasteiger partial charge in [-0.2, -0.15) is 0 Å². The SMILES string of the molecule is N=C(N)c1ccc(-c2ccco2)cn1. The quantitative estimate of drug-likeness (QED) is 0.554. The Balaban J connectivity index is 2.36. The van der Waals surface area contributed by atoms with Gasteiger partial charge in [-0.3, -0.25) is 10.4 Å². The van der Waals surface area contributed by atoms with Gasteiger partial charge in [0.25, 0.3) is 0 Å². The highest BCUT2D eigenvalue weighted by Crippen LogP contribution is 2.18. The molecule has 2 rings (SSSR count). The normalized spacial score (nSPS) is 10.0. The summed E-state index contributed by atoms with van der Waals surface area (Å²) in [5, 5.41) is 7.17. The lowest BCUT2D eigenvalue weighted by Crippen LogP contribution is -2.12. The molecule has 0 unspecified atom stereocenters. The summed E-state index contributed by atoms with van der Waals surface area (Å²) in [5.74, 6) is 0.726. The Morgan fingerprint density at radius 3 is 2.71 bits per heavy atom. The second-order valence-electron chi connectivity index (χ2n) is 2.82. The summed E-state index contributed by atoms with van der Waals surface area (Å²) in [7, 11) is 0. The molecule has 0 aliphatic carbocycles. The minimum Gasteiger partial charge on any atom is -0.464 e. The van der Waals surface area contributed by atoms with Gasteiger partial charge in [0.2, 0.25) is 0 Å². The van der Waals surface area contributed by atoms with E-state index < -0.39 is 0 Å². The maximum Gasteiger partial charge on any atom is 0.141 e. The van der Waals surface area contributed by atoms with Crippen molar-refractivity contribution in [3.05, 3.63) is 42.4 Å². The first kappa shape index (κ1) is 8.50. The lowest BCUT2D eigenvalue weighted by atomic mass is 10.2. The van der Waals surface area contributed by atoms with Gasteiger partial charge >= 0.3 is 0 Å². The molecule has 3 N–H and O–H groups in total. The molecule has 0 fully saturated rings. The van der Waals surface area contributed by atoms with Crippen LogP contribution in [0.2, 0.25) is 0 Å². The number of nitrogens with zero attached hydrogens (tertiary/aromatic N) is 1. The van der Waals surface area contributed by atoms with E-state index in [0.717, 1.165) is 11.3 Å². The summed E-state index contributed by atoms with van der Waals surface area (Å²) in [6.07, 6.45) is 3.24. The zero-order valence-corrected chi connectivity index (χ0v) is 7.40. The van der Waals surface area contributed by atoms with Crippen molar-refractivity contribution >= 4 is 5.84 Å². The standard InChI is InChI=1S/C10H9N3O/c11-10(12)8-4-3-7(6-13-8)9-2-1-5-14-9/h1-6H,(H3,11,12). The van der Waals surface area contributed by atoms with Crippen molar-refractivity contribution in [2.45, 2.75) is 0 Å². The highest BCUT2D eigenvalue weighted by molar-refractivity contribution is 5.93. The molecule has 0 bridgehead atoms. The van der Waals surface area contributed by atoms with Crippen LogP contribution in [0.3, 0.4) is 0 Å². The zero-order valence-electron chi connectivity index (χ0n) is 7.40. The first-order valence-corrected chi connectivity index (χ1v) is 4.12. The molecule has 0 aliphatic heterocycles. The second-order valence-corrected chi connectivity index (χ2v) is 2.82. The Labute approximate surface area is 80.9 Å². The zero-order chi connectivity index (χ0) is 9.97. The predicted octanol–water partition coefficient (Wildman–Crippen LogP) is 1.63. The average Bonchev–Trinajstić information content (AvgIpc) is 2.71. The van der Waals surface area contributed by atoms with Crippen LogP contribution in [0.4, 0.5) is 0 Å². The minimum absolute atomic E-state index is 0.0315. The van der Waals surface area contributed by atoms with Crippen molar-refractivity contribution in [3.8, 4) is 11.3 Å². The lowest BCUT2D eigenvalue weighted by molar-refractivity contribution is 0.582. The highest BCUT2D eigenvalue weighted by atomic mass is 16.3. The van der Waals surface area contributed by atoms with E-state index in [1.807, 2.05) is 18.2 Å². The third-order valence-electron chi connectivity index (χ3n) is 1.85. The van der Waals surface area contributed by atoms with Gasteiger partial charge in [0.1, 0.15) is 17.3 Å². The summed E-state index contributed by atoms with van der Waals surface area (Å²) >= 11 is 0. The van der Waals surface area contributed by atoms with Crippen LogP contribution in [-0.2, 0) is 0 Å². The van der Waals surface area contributed by atoms with E-state index in [2.05, 4.69) is 4.98 Å². The van der Waals surface area contributed by atoms with E-state index in [0.29, 0.717) is 5.69 Å². The Morgan fingerprint density at radius 2 is 2.21 bits per heavy atom. The number of nitrogens with two attached hydrogens (primary N) is 1. The van der Waals surface area contributed by atoms with Crippen LogP contribution in [0, 0.1) is 5.41 Å².